The molecule has 0 amide bonds. The number of rotatable bonds is 7. The van der Waals surface area contributed by atoms with Crippen molar-refractivity contribution in [1.82, 2.24) is 14.6 Å². The van der Waals surface area contributed by atoms with Crippen LogP contribution in [0, 0.1) is 0 Å². The molecule has 3 aromatic rings. The number of hydrogen-bond donors (Lipinski definition) is 0. The molecule has 0 N–H and O–H groups in total. The Labute approximate surface area is 145 Å². The lowest BCUT2D eigenvalue weighted by Gasteiger charge is -2.08. The summed E-state index contributed by atoms with van der Waals surface area (Å²) in [5.74, 6) is 1.14. The van der Waals surface area contributed by atoms with Crippen LogP contribution in [0.4, 0.5) is 0 Å². The van der Waals surface area contributed by atoms with Gasteiger partial charge in [-0.25, -0.2) is 4.98 Å². The van der Waals surface area contributed by atoms with Crippen LogP contribution in [0.2, 0.25) is 0 Å². The van der Waals surface area contributed by atoms with E-state index in [4.69, 9.17) is 4.74 Å². The second-order valence-electron chi connectivity index (χ2n) is 5.54. The van der Waals surface area contributed by atoms with E-state index in [0.29, 0.717) is 23.9 Å². The van der Waals surface area contributed by atoms with Gasteiger partial charge in [0.25, 0.3) is 0 Å². The first kappa shape index (κ1) is 16.6. The van der Waals surface area contributed by atoms with Gasteiger partial charge in [-0.15, -0.1) is 0 Å². The number of ether oxygens (including phenoxy) is 1. The quantitative estimate of drug-likeness (QED) is 0.590. The largest absolute Gasteiger partial charge is 0.493 e. The third-order valence-electron chi connectivity index (χ3n) is 4.14. The number of nitrogens with zero attached hydrogens (tertiary/aromatic N) is 3. The molecule has 0 radical (unpaired) electrons. The van der Waals surface area contributed by atoms with E-state index < -0.39 is 0 Å². The van der Waals surface area contributed by atoms with Crippen LogP contribution in [0.5, 0.6) is 5.75 Å². The predicted octanol–water partition coefficient (Wildman–Crippen LogP) is 4.57. The van der Waals surface area contributed by atoms with Crippen LogP contribution >= 0.6 is 11.3 Å². The molecule has 0 atom stereocenters. The van der Waals surface area contributed by atoms with Gasteiger partial charge in [0.05, 0.1) is 6.61 Å². The molecule has 0 bridgehead atoms. The Bertz CT molecular complexity index is 849. The average molecular weight is 343 g/mol. The SMILES string of the molecule is CCOc1ccccc1-c1nc2sc(C(CC)CC)nn2c1C=O. The van der Waals surface area contributed by atoms with Crippen LogP contribution in [0.1, 0.15) is 55.0 Å². The normalized spacial score (nSPS) is 11.3. The van der Waals surface area contributed by atoms with E-state index >= 15 is 0 Å². The summed E-state index contributed by atoms with van der Waals surface area (Å²) in [4.78, 5) is 17.2. The van der Waals surface area contributed by atoms with Crippen molar-refractivity contribution < 1.29 is 9.53 Å². The standard InChI is InChI=1S/C18H21N3O2S/c1-4-12(5-2)17-20-21-14(11-22)16(19-18(21)24-17)13-9-7-8-10-15(13)23-6-3/h7-12H,4-6H2,1-3H3. The fourth-order valence-corrected chi connectivity index (χ4v) is 4.00. The molecule has 0 saturated carbocycles. The van der Waals surface area contributed by atoms with Gasteiger partial charge in [0.15, 0.2) is 6.29 Å². The molecule has 2 aromatic heterocycles. The van der Waals surface area contributed by atoms with Crippen molar-refractivity contribution in [2.45, 2.75) is 39.5 Å². The number of carbonyl (C=O) groups is 1. The number of hydrogen-bond acceptors (Lipinski definition) is 5. The minimum atomic E-state index is 0.412. The number of carbonyl (C=O) groups excluding carboxylic acids is 1. The van der Waals surface area contributed by atoms with E-state index in [2.05, 4.69) is 23.9 Å². The Morgan fingerprint density at radius 2 is 2.00 bits per heavy atom. The lowest BCUT2D eigenvalue weighted by Crippen LogP contribution is -2.00. The summed E-state index contributed by atoms with van der Waals surface area (Å²) in [7, 11) is 0. The van der Waals surface area contributed by atoms with Crippen molar-refractivity contribution in [3.8, 4) is 17.0 Å². The number of benzene rings is 1. The van der Waals surface area contributed by atoms with Crippen molar-refractivity contribution in [3.63, 3.8) is 0 Å². The van der Waals surface area contributed by atoms with Gasteiger partial charge in [0, 0.05) is 11.5 Å². The molecular formula is C18H21N3O2S. The molecule has 1 aromatic carbocycles. The first-order valence-corrected chi connectivity index (χ1v) is 9.11. The Morgan fingerprint density at radius 3 is 2.67 bits per heavy atom. The average Bonchev–Trinajstić information content (AvgIpc) is 3.14. The van der Waals surface area contributed by atoms with E-state index in [-0.39, 0.29) is 0 Å². The number of aldehydes is 1. The minimum absolute atomic E-state index is 0.412. The molecule has 6 heteroatoms. The molecule has 0 unspecified atom stereocenters. The molecule has 0 spiro atoms. The summed E-state index contributed by atoms with van der Waals surface area (Å²) in [6.07, 6.45) is 2.89. The van der Waals surface area contributed by atoms with Gasteiger partial charge in [0.1, 0.15) is 22.1 Å². The van der Waals surface area contributed by atoms with Crippen molar-refractivity contribution in [1.29, 1.82) is 0 Å². The zero-order valence-corrected chi connectivity index (χ0v) is 15.0. The van der Waals surface area contributed by atoms with Crippen molar-refractivity contribution in [3.05, 3.63) is 35.0 Å². The predicted molar refractivity (Wildman–Crippen MR) is 96.2 cm³/mol. The Kier molecular flexibility index (Phi) is 4.94. The monoisotopic (exact) mass is 343 g/mol. The van der Waals surface area contributed by atoms with Gasteiger partial charge >= 0.3 is 0 Å². The second kappa shape index (κ2) is 7.13. The minimum Gasteiger partial charge on any atom is -0.493 e. The third-order valence-corrected chi connectivity index (χ3v) is 5.21. The van der Waals surface area contributed by atoms with E-state index in [1.165, 1.54) is 0 Å². The molecule has 3 rings (SSSR count). The van der Waals surface area contributed by atoms with Crippen LogP contribution in [-0.4, -0.2) is 27.5 Å². The van der Waals surface area contributed by atoms with E-state index in [1.54, 1.807) is 15.9 Å². The molecule has 0 aliphatic heterocycles. The first-order chi connectivity index (χ1) is 11.7. The highest BCUT2D eigenvalue weighted by Gasteiger charge is 2.22. The van der Waals surface area contributed by atoms with Gasteiger partial charge < -0.3 is 4.74 Å². The maximum absolute atomic E-state index is 11.7. The van der Waals surface area contributed by atoms with E-state index in [9.17, 15) is 4.79 Å². The maximum Gasteiger partial charge on any atom is 0.213 e. The van der Waals surface area contributed by atoms with Crippen molar-refractivity contribution in [2.75, 3.05) is 6.61 Å². The van der Waals surface area contributed by atoms with E-state index in [1.807, 2.05) is 31.2 Å². The van der Waals surface area contributed by atoms with Crippen LogP contribution in [-0.2, 0) is 0 Å². The van der Waals surface area contributed by atoms with Gasteiger partial charge in [-0.05, 0) is 31.9 Å². The van der Waals surface area contributed by atoms with Gasteiger partial charge in [-0.3, -0.25) is 4.79 Å². The molecule has 0 fully saturated rings. The smallest absolute Gasteiger partial charge is 0.213 e. The summed E-state index contributed by atoms with van der Waals surface area (Å²) < 4.78 is 7.35. The summed E-state index contributed by atoms with van der Waals surface area (Å²) >= 11 is 1.56. The number of aromatic nitrogens is 3. The number of para-hydroxylation sites is 1. The van der Waals surface area contributed by atoms with Crippen molar-refractivity contribution >= 4 is 22.6 Å². The fraction of sp³-hybridized carbons (Fsp3) is 0.389. The Balaban J connectivity index is 2.13. The summed E-state index contributed by atoms with van der Waals surface area (Å²) in [5, 5.41) is 5.69. The maximum atomic E-state index is 11.7. The first-order valence-electron chi connectivity index (χ1n) is 8.30. The number of fused-ring (bicyclic) bond motifs is 1. The van der Waals surface area contributed by atoms with Crippen LogP contribution < -0.4 is 4.74 Å². The molecular weight excluding hydrogens is 322 g/mol. The van der Waals surface area contributed by atoms with Crippen LogP contribution in [0.3, 0.4) is 0 Å². The van der Waals surface area contributed by atoms with Gasteiger partial charge in [0.2, 0.25) is 4.96 Å². The molecule has 2 heterocycles. The Morgan fingerprint density at radius 1 is 1.25 bits per heavy atom. The highest BCUT2D eigenvalue weighted by atomic mass is 32.1. The van der Waals surface area contributed by atoms with E-state index in [0.717, 1.165) is 40.4 Å². The lowest BCUT2D eigenvalue weighted by molar-refractivity contribution is 0.111. The molecule has 0 aliphatic rings. The molecule has 126 valence electrons. The van der Waals surface area contributed by atoms with Gasteiger partial charge in [-0.2, -0.15) is 9.61 Å². The molecule has 5 nitrogen and oxygen atoms in total. The molecule has 0 aliphatic carbocycles. The third kappa shape index (κ3) is 2.82. The van der Waals surface area contributed by atoms with Crippen LogP contribution in [0.15, 0.2) is 24.3 Å². The molecule has 24 heavy (non-hydrogen) atoms. The van der Waals surface area contributed by atoms with Gasteiger partial charge in [-0.1, -0.05) is 37.3 Å². The molecule has 0 saturated heterocycles. The topological polar surface area (TPSA) is 56.5 Å². The summed E-state index contributed by atoms with van der Waals surface area (Å²) in [6.45, 7) is 6.81. The highest BCUT2D eigenvalue weighted by molar-refractivity contribution is 7.16. The zero-order chi connectivity index (χ0) is 17.1. The Hall–Kier alpha value is -2.21. The zero-order valence-electron chi connectivity index (χ0n) is 14.2. The highest BCUT2D eigenvalue weighted by Crippen LogP contribution is 2.34. The van der Waals surface area contributed by atoms with Crippen molar-refractivity contribution in [2.24, 2.45) is 0 Å². The number of imidazole rings is 1. The summed E-state index contributed by atoms with van der Waals surface area (Å²) in [5.41, 5.74) is 1.93. The summed E-state index contributed by atoms with van der Waals surface area (Å²) in [6, 6.07) is 7.65. The fourth-order valence-electron chi connectivity index (χ4n) is 2.83. The second-order valence-corrected chi connectivity index (χ2v) is 6.53. The lowest BCUT2D eigenvalue weighted by atomic mass is 10.1. The van der Waals surface area contributed by atoms with Crippen LogP contribution in [0.25, 0.3) is 16.2 Å².